The van der Waals surface area contributed by atoms with Crippen LogP contribution in [0, 0.1) is 12.7 Å². The van der Waals surface area contributed by atoms with Crippen LogP contribution in [0.3, 0.4) is 0 Å². The number of methoxy groups -OCH3 is 1. The maximum Gasteiger partial charge on any atom is 0.167 e. The van der Waals surface area contributed by atoms with Crippen molar-refractivity contribution in [2.24, 2.45) is 0 Å². The second kappa shape index (κ2) is 5.20. The Bertz CT molecular complexity index is 686. The van der Waals surface area contributed by atoms with Crippen LogP contribution in [0.2, 0.25) is 0 Å². The molecule has 21 heavy (non-hydrogen) atoms. The van der Waals surface area contributed by atoms with Crippen molar-refractivity contribution in [1.29, 1.82) is 0 Å². The number of halogens is 1. The fourth-order valence-electron chi connectivity index (χ4n) is 2.08. The van der Waals surface area contributed by atoms with Crippen LogP contribution >= 0.6 is 0 Å². The van der Waals surface area contributed by atoms with Gasteiger partial charge in [0, 0.05) is 23.2 Å². The lowest BCUT2D eigenvalue weighted by atomic mass is 10.2. The molecule has 0 amide bonds. The molecule has 0 spiro atoms. The fraction of sp³-hybridized carbons (Fsp3) is 0.333. The van der Waals surface area contributed by atoms with Crippen molar-refractivity contribution in [2.45, 2.75) is 25.7 Å². The Morgan fingerprint density at radius 3 is 2.71 bits per heavy atom. The number of aromatic nitrogens is 2. The van der Waals surface area contributed by atoms with Crippen molar-refractivity contribution >= 4 is 17.3 Å². The predicted molar refractivity (Wildman–Crippen MR) is 79.4 cm³/mol. The minimum atomic E-state index is -0.426. The van der Waals surface area contributed by atoms with Crippen molar-refractivity contribution in [2.75, 3.05) is 18.2 Å². The SMILES string of the molecule is COc1ccc(Nc2nc(C3CC3)nc(N)c2C)cc1F. The quantitative estimate of drug-likeness (QED) is 0.904. The minimum absolute atomic E-state index is 0.207. The summed E-state index contributed by atoms with van der Waals surface area (Å²) in [4.78, 5) is 8.82. The summed E-state index contributed by atoms with van der Waals surface area (Å²) in [7, 11) is 1.43. The first-order valence-corrected chi connectivity index (χ1v) is 6.83. The number of nitrogens with two attached hydrogens (primary N) is 1. The van der Waals surface area contributed by atoms with Gasteiger partial charge in [-0.2, -0.15) is 0 Å². The normalized spacial score (nSPS) is 14.0. The third-order valence-electron chi connectivity index (χ3n) is 3.56. The van der Waals surface area contributed by atoms with Gasteiger partial charge in [-0.15, -0.1) is 0 Å². The third-order valence-corrected chi connectivity index (χ3v) is 3.56. The number of benzene rings is 1. The van der Waals surface area contributed by atoms with Crippen LogP contribution in [0.4, 0.5) is 21.7 Å². The summed E-state index contributed by atoms with van der Waals surface area (Å²) < 4.78 is 18.6. The highest BCUT2D eigenvalue weighted by Crippen LogP contribution is 2.39. The lowest BCUT2D eigenvalue weighted by Crippen LogP contribution is -2.06. The number of ether oxygens (including phenoxy) is 1. The lowest BCUT2D eigenvalue weighted by Gasteiger charge is -2.12. The minimum Gasteiger partial charge on any atom is -0.494 e. The van der Waals surface area contributed by atoms with E-state index in [4.69, 9.17) is 10.5 Å². The summed E-state index contributed by atoms with van der Waals surface area (Å²) in [6, 6.07) is 4.67. The smallest absolute Gasteiger partial charge is 0.167 e. The molecule has 0 atom stereocenters. The summed E-state index contributed by atoms with van der Waals surface area (Å²) in [6.07, 6.45) is 2.19. The molecule has 0 aliphatic heterocycles. The van der Waals surface area contributed by atoms with Gasteiger partial charge >= 0.3 is 0 Å². The van der Waals surface area contributed by atoms with Gasteiger partial charge < -0.3 is 15.8 Å². The van der Waals surface area contributed by atoms with Gasteiger partial charge in [0.25, 0.3) is 0 Å². The van der Waals surface area contributed by atoms with Crippen molar-refractivity contribution in [1.82, 2.24) is 9.97 Å². The van der Waals surface area contributed by atoms with Gasteiger partial charge in [0.05, 0.1) is 7.11 Å². The Kier molecular flexibility index (Phi) is 3.37. The Morgan fingerprint density at radius 2 is 2.10 bits per heavy atom. The number of nitrogens with zero attached hydrogens (tertiary/aromatic N) is 2. The standard InChI is InChI=1S/C15H17FN4O/c1-8-13(17)19-15(9-3-4-9)20-14(8)18-10-5-6-12(21-2)11(16)7-10/h5-7,9H,3-4H2,1-2H3,(H3,17,18,19,20). The molecule has 6 heteroatoms. The first-order valence-electron chi connectivity index (χ1n) is 6.83. The predicted octanol–water partition coefficient (Wildman–Crippen LogP) is 3.14. The van der Waals surface area contributed by atoms with Gasteiger partial charge in [-0.1, -0.05) is 0 Å². The molecule has 1 heterocycles. The molecule has 1 aliphatic carbocycles. The molecule has 2 aromatic rings. The molecule has 0 bridgehead atoms. The maximum absolute atomic E-state index is 13.7. The monoisotopic (exact) mass is 288 g/mol. The van der Waals surface area contributed by atoms with Crippen molar-refractivity contribution in [3.63, 3.8) is 0 Å². The summed E-state index contributed by atoms with van der Waals surface area (Å²) >= 11 is 0. The highest BCUT2D eigenvalue weighted by atomic mass is 19.1. The van der Waals surface area contributed by atoms with Gasteiger partial charge in [0.15, 0.2) is 11.6 Å². The third kappa shape index (κ3) is 2.74. The topological polar surface area (TPSA) is 73.1 Å². The Morgan fingerprint density at radius 1 is 1.33 bits per heavy atom. The molecular weight excluding hydrogens is 271 g/mol. The molecule has 1 aliphatic rings. The zero-order valence-electron chi connectivity index (χ0n) is 12.0. The van der Waals surface area contributed by atoms with Crippen LogP contribution in [0.25, 0.3) is 0 Å². The molecule has 3 rings (SSSR count). The van der Waals surface area contributed by atoms with Crippen molar-refractivity contribution < 1.29 is 9.13 Å². The fourth-order valence-corrected chi connectivity index (χ4v) is 2.08. The van der Waals surface area contributed by atoms with E-state index in [0.29, 0.717) is 23.2 Å². The molecule has 1 aromatic heterocycles. The van der Waals surface area contributed by atoms with E-state index < -0.39 is 5.82 Å². The zero-order valence-corrected chi connectivity index (χ0v) is 12.0. The summed E-state index contributed by atoms with van der Waals surface area (Å²) in [5, 5.41) is 3.10. The molecule has 1 aromatic carbocycles. The number of rotatable bonds is 4. The van der Waals surface area contributed by atoms with E-state index in [0.717, 1.165) is 24.2 Å². The van der Waals surface area contributed by atoms with Crippen molar-refractivity contribution in [3.8, 4) is 5.75 Å². The van der Waals surface area contributed by atoms with Gasteiger partial charge in [0.1, 0.15) is 17.5 Å². The molecule has 1 fully saturated rings. The summed E-state index contributed by atoms with van der Waals surface area (Å²) in [5.74, 6) is 2.02. The first kappa shape index (κ1) is 13.6. The number of hydrogen-bond acceptors (Lipinski definition) is 5. The summed E-state index contributed by atoms with van der Waals surface area (Å²) in [6.45, 7) is 1.84. The largest absolute Gasteiger partial charge is 0.494 e. The molecule has 0 saturated heterocycles. The molecule has 110 valence electrons. The van der Waals surface area contributed by atoms with E-state index in [1.165, 1.54) is 13.2 Å². The maximum atomic E-state index is 13.7. The van der Waals surface area contributed by atoms with Crippen LogP contribution in [-0.2, 0) is 0 Å². The van der Waals surface area contributed by atoms with Gasteiger partial charge in [-0.3, -0.25) is 0 Å². The van der Waals surface area contributed by atoms with E-state index >= 15 is 0 Å². The lowest BCUT2D eigenvalue weighted by molar-refractivity contribution is 0.386. The average molecular weight is 288 g/mol. The van der Waals surface area contributed by atoms with E-state index in [2.05, 4.69) is 15.3 Å². The summed E-state index contributed by atoms with van der Waals surface area (Å²) in [5.41, 5.74) is 7.28. The Balaban J connectivity index is 1.91. The van der Waals surface area contributed by atoms with Crippen LogP contribution in [-0.4, -0.2) is 17.1 Å². The van der Waals surface area contributed by atoms with Crippen molar-refractivity contribution in [3.05, 3.63) is 35.4 Å². The molecule has 3 N–H and O–H groups in total. The first-order chi connectivity index (χ1) is 10.1. The average Bonchev–Trinajstić information content (AvgIpc) is 3.28. The number of hydrogen-bond donors (Lipinski definition) is 2. The molecule has 5 nitrogen and oxygen atoms in total. The van der Waals surface area contributed by atoms with Crippen LogP contribution in [0.1, 0.15) is 30.1 Å². The molecule has 1 saturated carbocycles. The second-order valence-electron chi connectivity index (χ2n) is 5.19. The molecule has 0 unspecified atom stereocenters. The van der Waals surface area contributed by atoms with Gasteiger partial charge in [-0.25, -0.2) is 14.4 Å². The van der Waals surface area contributed by atoms with Gasteiger partial charge in [-0.05, 0) is 31.9 Å². The van der Waals surface area contributed by atoms with Crippen LogP contribution < -0.4 is 15.8 Å². The Labute approximate surface area is 122 Å². The highest BCUT2D eigenvalue weighted by molar-refractivity contribution is 5.64. The Hall–Kier alpha value is -2.37. The highest BCUT2D eigenvalue weighted by Gasteiger charge is 2.28. The van der Waals surface area contributed by atoms with E-state index in [1.54, 1.807) is 12.1 Å². The zero-order chi connectivity index (χ0) is 15.0. The van der Waals surface area contributed by atoms with Crippen LogP contribution in [0.5, 0.6) is 5.75 Å². The van der Waals surface area contributed by atoms with E-state index in [1.807, 2.05) is 6.92 Å². The second-order valence-corrected chi connectivity index (χ2v) is 5.19. The van der Waals surface area contributed by atoms with Gasteiger partial charge in [0.2, 0.25) is 0 Å². The molecule has 0 radical (unpaired) electrons. The molecular formula is C15H17FN4O. The number of nitrogen functional groups attached to an aromatic ring is 1. The number of anilines is 3. The van der Waals surface area contributed by atoms with E-state index in [9.17, 15) is 4.39 Å². The number of nitrogens with one attached hydrogen (secondary N) is 1. The van der Waals surface area contributed by atoms with Crippen LogP contribution in [0.15, 0.2) is 18.2 Å². The van der Waals surface area contributed by atoms with E-state index in [-0.39, 0.29) is 5.75 Å².